The second-order valence-corrected chi connectivity index (χ2v) is 4.44. The van der Waals surface area contributed by atoms with Crippen LogP contribution in [0.3, 0.4) is 0 Å². The molecule has 0 aromatic carbocycles. The van der Waals surface area contributed by atoms with Gasteiger partial charge in [-0.3, -0.25) is 4.79 Å². The van der Waals surface area contributed by atoms with Crippen LogP contribution in [0.2, 0.25) is 0 Å². The van der Waals surface area contributed by atoms with Gasteiger partial charge in [0.15, 0.2) is 0 Å². The highest BCUT2D eigenvalue weighted by molar-refractivity contribution is 5.75. The van der Waals surface area contributed by atoms with Crippen molar-refractivity contribution in [2.24, 2.45) is 11.3 Å². The van der Waals surface area contributed by atoms with Gasteiger partial charge in [0.2, 0.25) is 0 Å². The summed E-state index contributed by atoms with van der Waals surface area (Å²) in [7, 11) is 1.45. The zero-order chi connectivity index (χ0) is 9.90. The summed E-state index contributed by atoms with van der Waals surface area (Å²) in [6.45, 7) is 6.12. The maximum atomic E-state index is 11.3. The highest BCUT2D eigenvalue weighted by Crippen LogP contribution is 2.27. The van der Waals surface area contributed by atoms with Crippen LogP contribution in [0.15, 0.2) is 0 Å². The fourth-order valence-corrected chi connectivity index (χ4v) is 1.50. The summed E-state index contributed by atoms with van der Waals surface area (Å²) in [5, 5.41) is 3.22. The summed E-state index contributed by atoms with van der Waals surface area (Å²) in [5.74, 6) is 0.670. The van der Waals surface area contributed by atoms with Crippen molar-refractivity contribution in [1.82, 2.24) is 5.32 Å². The summed E-state index contributed by atoms with van der Waals surface area (Å²) in [5.41, 5.74) is -0.315. The molecule has 3 nitrogen and oxygen atoms in total. The molecule has 1 fully saturated rings. The van der Waals surface area contributed by atoms with Crippen LogP contribution in [-0.2, 0) is 9.53 Å². The van der Waals surface area contributed by atoms with Crippen molar-refractivity contribution in [3.05, 3.63) is 0 Å². The fourth-order valence-electron chi connectivity index (χ4n) is 1.50. The lowest BCUT2D eigenvalue weighted by molar-refractivity contribution is -0.151. The average Bonchev–Trinajstić information content (AvgIpc) is 1.99. The molecule has 0 unspecified atom stereocenters. The quantitative estimate of drug-likeness (QED) is 0.668. The molecular formula is C10H19NO2. The Morgan fingerprint density at radius 1 is 1.54 bits per heavy atom. The molecule has 1 aliphatic heterocycles. The lowest BCUT2D eigenvalue weighted by Crippen LogP contribution is -2.42. The second-order valence-electron chi connectivity index (χ2n) is 4.44. The standard InChI is InChI=1S/C10H19NO2/c1-10(2,9(12)13-3)5-4-8-6-11-7-8/h8,11H,4-7H2,1-3H3. The molecule has 0 atom stereocenters. The molecule has 0 aliphatic carbocycles. The molecule has 1 aliphatic rings. The second kappa shape index (κ2) is 4.09. The van der Waals surface area contributed by atoms with Gasteiger partial charge in [-0.25, -0.2) is 0 Å². The monoisotopic (exact) mass is 185 g/mol. The number of rotatable bonds is 4. The zero-order valence-electron chi connectivity index (χ0n) is 8.72. The van der Waals surface area contributed by atoms with E-state index in [1.165, 1.54) is 7.11 Å². The van der Waals surface area contributed by atoms with Gasteiger partial charge in [-0.05, 0) is 45.7 Å². The van der Waals surface area contributed by atoms with Gasteiger partial charge in [-0.2, -0.15) is 0 Å². The number of esters is 1. The first-order valence-corrected chi connectivity index (χ1v) is 4.85. The smallest absolute Gasteiger partial charge is 0.311 e. The average molecular weight is 185 g/mol. The molecule has 1 N–H and O–H groups in total. The summed E-state index contributed by atoms with van der Waals surface area (Å²) >= 11 is 0. The van der Waals surface area contributed by atoms with E-state index in [-0.39, 0.29) is 11.4 Å². The third kappa shape index (κ3) is 2.69. The largest absolute Gasteiger partial charge is 0.469 e. The van der Waals surface area contributed by atoms with Crippen LogP contribution in [0.1, 0.15) is 26.7 Å². The Labute approximate surface area is 79.8 Å². The van der Waals surface area contributed by atoms with Crippen molar-refractivity contribution in [3.8, 4) is 0 Å². The van der Waals surface area contributed by atoms with Crippen LogP contribution in [0, 0.1) is 11.3 Å². The number of hydrogen-bond donors (Lipinski definition) is 1. The van der Waals surface area contributed by atoms with E-state index < -0.39 is 0 Å². The summed E-state index contributed by atoms with van der Waals surface area (Å²) in [4.78, 5) is 11.3. The van der Waals surface area contributed by atoms with Gasteiger partial charge in [0.25, 0.3) is 0 Å². The normalized spacial score (nSPS) is 18.1. The van der Waals surface area contributed by atoms with Crippen molar-refractivity contribution in [1.29, 1.82) is 0 Å². The van der Waals surface area contributed by atoms with Crippen LogP contribution in [0.4, 0.5) is 0 Å². The minimum atomic E-state index is -0.315. The first-order valence-electron chi connectivity index (χ1n) is 4.85. The number of carbonyl (C=O) groups excluding carboxylic acids is 1. The predicted octanol–water partition coefficient (Wildman–Crippen LogP) is 1.19. The molecular weight excluding hydrogens is 166 g/mol. The molecule has 1 saturated heterocycles. The summed E-state index contributed by atoms with van der Waals surface area (Å²) in [6, 6.07) is 0. The Bertz CT molecular complexity index is 185. The van der Waals surface area contributed by atoms with Gasteiger partial charge in [0, 0.05) is 0 Å². The zero-order valence-corrected chi connectivity index (χ0v) is 8.72. The minimum Gasteiger partial charge on any atom is -0.469 e. The van der Waals surface area contributed by atoms with Crippen molar-refractivity contribution in [2.45, 2.75) is 26.7 Å². The molecule has 0 aromatic heterocycles. The first kappa shape index (κ1) is 10.5. The maximum Gasteiger partial charge on any atom is 0.311 e. The predicted molar refractivity (Wildman–Crippen MR) is 51.4 cm³/mol. The van der Waals surface area contributed by atoms with Gasteiger partial charge in [0.05, 0.1) is 12.5 Å². The molecule has 1 rings (SSSR count). The first-order chi connectivity index (χ1) is 6.06. The van der Waals surface area contributed by atoms with Crippen molar-refractivity contribution >= 4 is 5.97 Å². The van der Waals surface area contributed by atoms with Crippen LogP contribution >= 0.6 is 0 Å². The van der Waals surface area contributed by atoms with E-state index >= 15 is 0 Å². The molecule has 0 radical (unpaired) electrons. The van der Waals surface area contributed by atoms with E-state index in [1.54, 1.807) is 0 Å². The molecule has 76 valence electrons. The van der Waals surface area contributed by atoms with Gasteiger partial charge in [-0.1, -0.05) is 0 Å². The Morgan fingerprint density at radius 2 is 2.15 bits per heavy atom. The number of ether oxygens (including phenoxy) is 1. The number of hydrogen-bond acceptors (Lipinski definition) is 3. The maximum absolute atomic E-state index is 11.3. The van der Waals surface area contributed by atoms with E-state index in [9.17, 15) is 4.79 Å². The highest BCUT2D eigenvalue weighted by Gasteiger charge is 2.30. The van der Waals surface area contributed by atoms with E-state index in [1.807, 2.05) is 13.8 Å². The Balaban J connectivity index is 2.27. The van der Waals surface area contributed by atoms with Crippen LogP contribution < -0.4 is 5.32 Å². The lowest BCUT2D eigenvalue weighted by Gasteiger charge is -2.30. The van der Waals surface area contributed by atoms with E-state index in [0.717, 1.165) is 31.8 Å². The topological polar surface area (TPSA) is 38.3 Å². The van der Waals surface area contributed by atoms with E-state index in [4.69, 9.17) is 4.74 Å². The third-order valence-corrected chi connectivity index (χ3v) is 2.78. The number of methoxy groups -OCH3 is 1. The van der Waals surface area contributed by atoms with Crippen LogP contribution in [0.25, 0.3) is 0 Å². The summed E-state index contributed by atoms with van der Waals surface area (Å²) in [6.07, 6.45) is 2.04. The Hall–Kier alpha value is -0.570. The molecule has 0 saturated carbocycles. The molecule has 0 amide bonds. The number of nitrogens with one attached hydrogen (secondary N) is 1. The molecule has 0 aromatic rings. The van der Waals surface area contributed by atoms with Gasteiger partial charge < -0.3 is 10.1 Å². The van der Waals surface area contributed by atoms with Gasteiger partial charge >= 0.3 is 5.97 Å². The van der Waals surface area contributed by atoms with Gasteiger partial charge in [0.1, 0.15) is 0 Å². The Morgan fingerprint density at radius 3 is 2.54 bits per heavy atom. The fraction of sp³-hybridized carbons (Fsp3) is 0.900. The van der Waals surface area contributed by atoms with Crippen molar-refractivity contribution in [2.75, 3.05) is 20.2 Å². The molecule has 3 heteroatoms. The van der Waals surface area contributed by atoms with Crippen LogP contribution in [0.5, 0.6) is 0 Å². The van der Waals surface area contributed by atoms with Crippen molar-refractivity contribution in [3.63, 3.8) is 0 Å². The third-order valence-electron chi connectivity index (χ3n) is 2.78. The number of carbonyl (C=O) groups is 1. The minimum absolute atomic E-state index is 0.0974. The van der Waals surface area contributed by atoms with E-state index in [2.05, 4.69) is 5.32 Å². The van der Waals surface area contributed by atoms with Gasteiger partial charge in [-0.15, -0.1) is 0 Å². The summed E-state index contributed by atoms with van der Waals surface area (Å²) < 4.78 is 4.74. The molecule has 0 spiro atoms. The van der Waals surface area contributed by atoms with E-state index in [0.29, 0.717) is 0 Å². The SMILES string of the molecule is COC(=O)C(C)(C)CCC1CNC1. The lowest BCUT2D eigenvalue weighted by atomic mass is 9.83. The van der Waals surface area contributed by atoms with Crippen LogP contribution in [-0.4, -0.2) is 26.2 Å². The molecule has 1 heterocycles. The molecule has 13 heavy (non-hydrogen) atoms. The van der Waals surface area contributed by atoms with Crippen molar-refractivity contribution < 1.29 is 9.53 Å². The Kier molecular flexibility index (Phi) is 3.31. The highest BCUT2D eigenvalue weighted by atomic mass is 16.5. The molecule has 0 bridgehead atoms.